The highest BCUT2D eigenvalue weighted by Gasteiger charge is 2.27. The molecule has 0 spiro atoms. The first-order valence-corrected chi connectivity index (χ1v) is 8.24. The first-order chi connectivity index (χ1) is 9.46. The van der Waals surface area contributed by atoms with Gasteiger partial charge in [0.15, 0.2) is 0 Å². The Bertz CT molecular complexity index is 413. The van der Waals surface area contributed by atoms with E-state index >= 15 is 0 Å². The van der Waals surface area contributed by atoms with E-state index in [2.05, 4.69) is 13.8 Å². The molecule has 0 aliphatic heterocycles. The first kappa shape index (κ1) is 19.8. The number of hydrogen-bond donors (Lipinski definition) is 1. The molecule has 1 aromatic carbocycles. The summed E-state index contributed by atoms with van der Waals surface area (Å²) in [6.45, 7) is 6.43. The van der Waals surface area contributed by atoms with Crippen molar-refractivity contribution in [2.45, 2.75) is 39.9 Å². The number of hydrogen-bond acceptors (Lipinski definition) is 3. The standard InChI is InChI=1S/C9H9Cl2O4P.C4H10/c1-2-14-9(15-16(12)13)7-4-3-6(10)5-8(7)11;1-3-4-2/h3-5,9H,2H2,1H3;3-4H2,1-2H3/p+1. The van der Waals surface area contributed by atoms with Crippen LogP contribution in [0.3, 0.4) is 0 Å². The molecule has 0 heterocycles. The monoisotopic (exact) mass is 341 g/mol. The van der Waals surface area contributed by atoms with E-state index in [0.29, 0.717) is 22.2 Å². The van der Waals surface area contributed by atoms with Gasteiger partial charge in [-0.05, 0) is 19.1 Å². The molecule has 2 atom stereocenters. The number of benzene rings is 1. The lowest BCUT2D eigenvalue weighted by Gasteiger charge is -2.12. The van der Waals surface area contributed by atoms with Gasteiger partial charge in [-0.2, -0.15) is 0 Å². The normalized spacial score (nSPS) is 12.4. The van der Waals surface area contributed by atoms with Crippen LogP contribution in [0.15, 0.2) is 18.2 Å². The number of unbranched alkanes of at least 4 members (excludes halogenated alkanes) is 1. The number of halogens is 2. The predicted molar refractivity (Wildman–Crippen MR) is 82.3 cm³/mol. The van der Waals surface area contributed by atoms with E-state index in [1.165, 1.54) is 18.9 Å². The van der Waals surface area contributed by atoms with E-state index in [-0.39, 0.29) is 0 Å². The van der Waals surface area contributed by atoms with Crippen LogP contribution in [0.2, 0.25) is 10.0 Å². The lowest BCUT2D eigenvalue weighted by molar-refractivity contribution is -0.0792. The van der Waals surface area contributed by atoms with Gasteiger partial charge in [0.2, 0.25) is 6.29 Å². The Balaban J connectivity index is 0.000000796. The van der Waals surface area contributed by atoms with Crippen LogP contribution >= 0.6 is 31.5 Å². The Morgan fingerprint density at radius 1 is 1.25 bits per heavy atom. The molecule has 1 N–H and O–H groups in total. The minimum atomic E-state index is -2.76. The SMILES string of the molecule is CCCC.CCOC(O[P+](=O)O)c1ccc(Cl)cc1Cl. The summed E-state index contributed by atoms with van der Waals surface area (Å²) in [6, 6.07) is 4.70. The van der Waals surface area contributed by atoms with E-state index < -0.39 is 14.5 Å². The van der Waals surface area contributed by atoms with Gasteiger partial charge < -0.3 is 4.74 Å². The summed E-state index contributed by atoms with van der Waals surface area (Å²) >= 11 is 11.7. The third kappa shape index (κ3) is 8.15. The van der Waals surface area contributed by atoms with Gasteiger partial charge in [0, 0.05) is 21.8 Å². The van der Waals surface area contributed by atoms with E-state index in [1.807, 2.05) is 0 Å². The maximum Gasteiger partial charge on any atom is 0.697 e. The molecule has 4 nitrogen and oxygen atoms in total. The molecule has 114 valence electrons. The van der Waals surface area contributed by atoms with Gasteiger partial charge in [-0.3, -0.25) is 0 Å². The molecule has 0 saturated carbocycles. The van der Waals surface area contributed by atoms with E-state index in [9.17, 15) is 4.57 Å². The maximum absolute atomic E-state index is 10.6. The average molecular weight is 342 g/mol. The molecule has 0 bridgehead atoms. The Kier molecular flexibility index (Phi) is 11.3. The van der Waals surface area contributed by atoms with Crippen molar-refractivity contribution in [2.75, 3.05) is 6.61 Å². The number of rotatable bonds is 6. The lowest BCUT2D eigenvalue weighted by Crippen LogP contribution is -2.06. The minimum Gasteiger partial charge on any atom is -0.345 e. The van der Waals surface area contributed by atoms with Crippen LogP contribution in [0.5, 0.6) is 0 Å². The number of ether oxygens (including phenoxy) is 1. The third-order valence-corrected chi connectivity index (χ3v) is 3.15. The highest BCUT2D eigenvalue weighted by Crippen LogP contribution is 2.34. The molecule has 0 radical (unpaired) electrons. The zero-order chi connectivity index (χ0) is 15.5. The van der Waals surface area contributed by atoms with Crippen molar-refractivity contribution in [1.82, 2.24) is 0 Å². The Morgan fingerprint density at radius 3 is 2.25 bits per heavy atom. The summed E-state index contributed by atoms with van der Waals surface area (Å²) < 4.78 is 20.5. The molecule has 0 amide bonds. The average Bonchev–Trinajstić information content (AvgIpc) is 2.38. The Hall–Kier alpha value is -0.220. The lowest BCUT2D eigenvalue weighted by atomic mass is 10.2. The van der Waals surface area contributed by atoms with Crippen LogP contribution < -0.4 is 0 Å². The smallest absolute Gasteiger partial charge is 0.345 e. The van der Waals surface area contributed by atoms with Gasteiger partial charge in [-0.1, -0.05) is 60.5 Å². The van der Waals surface area contributed by atoms with Crippen LogP contribution in [0.25, 0.3) is 0 Å². The van der Waals surface area contributed by atoms with Crippen molar-refractivity contribution < 1.29 is 18.7 Å². The molecular formula is C13H20Cl2O4P+. The summed E-state index contributed by atoms with van der Waals surface area (Å²) in [6.07, 6.45) is 1.67. The zero-order valence-corrected chi connectivity index (χ0v) is 14.2. The fourth-order valence-electron chi connectivity index (χ4n) is 1.10. The minimum absolute atomic E-state index is 0.322. The summed E-state index contributed by atoms with van der Waals surface area (Å²) in [4.78, 5) is 8.69. The summed E-state index contributed by atoms with van der Waals surface area (Å²) in [5.74, 6) is 0. The largest absolute Gasteiger partial charge is 0.697 e. The van der Waals surface area contributed by atoms with Crippen molar-refractivity contribution in [3.05, 3.63) is 33.8 Å². The second-order valence-electron chi connectivity index (χ2n) is 3.80. The summed E-state index contributed by atoms with van der Waals surface area (Å²) in [5.41, 5.74) is 0.463. The van der Waals surface area contributed by atoms with Gasteiger partial charge in [0.25, 0.3) is 0 Å². The maximum atomic E-state index is 10.6. The second-order valence-corrected chi connectivity index (χ2v) is 5.33. The molecule has 0 aliphatic carbocycles. The van der Waals surface area contributed by atoms with Crippen LogP contribution in [0.4, 0.5) is 0 Å². The fourth-order valence-corrected chi connectivity index (χ4v) is 1.94. The van der Waals surface area contributed by atoms with Gasteiger partial charge in [-0.15, -0.1) is 4.89 Å². The third-order valence-electron chi connectivity index (χ3n) is 2.22. The van der Waals surface area contributed by atoms with Crippen molar-refractivity contribution in [3.63, 3.8) is 0 Å². The van der Waals surface area contributed by atoms with Crippen molar-refractivity contribution in [2.24, 2.45) is 0 Å². The summed E-state index contributed by atoms with van der Waals surface area (Å²) in [7, 11) is -2.76. The van der Waals surface area contributed by atoms with Crippen LogP contribution in [0, 0.1) is 0 Å². The first-order valence-electron chi connectivity index (χ1n) is 6.35. The molecule has 7 heteroatoms. The zero-order valence-electron chi connectivity index (χ0n) is 11.8. The molecule has 0 saturated heterocycles. The van der Waals surface area contributed by atoms with E-state index in [1.54, 1.807) is 19.1 Å². The van der Waals surface area contributed by atoms with Gasteiger partial charge in [0.1, 0.15) is 0 Å². The van der Waals surface area contributed by atoms with E-state index in [0.717, 1.165) is 0 Å². The molecular weight excluding hydrogens is 322 g/mol. The van der Waals surface area contributed by atoms with Crippen LogP contribution in [0.1, 0.15) is 45.5 Å². The molecule has 20 heavy (non-hydrogen) atoms. The summed E-state index contributed by atoms with van der Waals surface area (Å²) in [5, 5.41) is 0.792. The molecule has 0 aliphatic rings. The quantitative estimate of drug-likeness (QED) is 0.548. The van der Waals surface area contributed by atoms with Crippen molar-refractivity contribution in [3.8, 4) is 0 Å². The van der Waals surface area contributed by atoms with Crippen molar-refractivity contribution >= 4 is 31.5 Å². The van der Waals surface area contributed by atoms with Gasteiger partial charge in [0.05, 0.1) is 5.02 Å². The predicted octanol–water partition coefficient (Wildman–Crippen LogP) is 5.50. The molecule has 1 aromatic rings. The molecule has 1 rings (SSSR count). The van der Waals surface area contributed by atoms with Crippen molar-refractivity contribution in [1.29, 1.82) is 0 Å². The fraction of sp³-hybridized carbons (Fsp3) is 0.538. The Morgan fingerprint density at radius 2 is 1.85 bits per heavy atom. The Labute approximate surface area is 130 Å². The molecule has 0 fully saturated rings. The van der Waals surface area contributed by atoms with Gasteiger partial charge in [-0.25, -0.2) is 0 Å². The van der Waals surface area contributed by atoms with Crippen LogP contribution in [-0.4, -0.2) is 11.5 Å². The topological polar surface area (TPSA) is 55.8 Å². The molecule has 2 unspecified atom stereocenters. The second kappa shape index (κ2) is 11.4. The highest BCUT2D eigenvalue weighted by molar-refractivity contribution is 7.32. The van der Waals surface area contributed by atoms with E-state index in [4.69, 9.17) is 37.4 Å². The highest BCUT2D eigenvalue weighted by atomic mass is 35.5. The van der Waals surface area contributed by atoms with Crippen LogP contribution in [-0.2, 0) is 13.8 Å². The van der Waals surface area contributed by atoms with Gasteiger partial charge >= 0.3 is 8.25 Å². The molecule has 0 aromatic heterocycles.